The lowest BCUT2D eigenvalue weighted by molar-refractivity contribution is 0.517. The molecule has 0 radical (unpaired) electrons. The summed E-state index contributed by atoms with van der Waals surface area (Å²) in [6.45, 7) is 4.14. The van der Waals surface area contributed by atoms with Gasteiger partial charge in [0.2, 0.25) is 0 Å². The van der Waals surface area contributed by atoms with E-state index in [2.05, 4.69) is 27.3 Å². The number of benzene rings is 1. The van der Waals surface area contributed by atoms with Crippen LogP contribution in [-0.4, -0.2) is 52.2 Å². The minimum Gasteiger partial charge on any atom is -0.285 e. The van der Waals surface area contributed by atoms with Crippen LogP contribution in [0.3, 0.4) is 0 Å². The zero-order valence-corrected chi connectivity index (χ0v) is 17.1. The third kappa shape index (κ3) is 2.70. The van der Waals surface area contributed by atoms with Crippen molar-refractivity contribution in [2.45, 2.75) is 31.7 Å². The van der Waals surface area contributed by atoms with Gasteiger partial charge in [0.25, 0.3) is 10.0 Å². The second kappa shape index (κ2) is 6.68. The van der Waals surface area contributed by atoms with Gasteiger partial charge in [-0.3, -0.25) is 10.2 Å². The van der Waals surface area contributed by atoms with Crippen LogP contribution in [0.15, 0.2) is 29.6 Å². The molecule has 9 heteroatoms. The molecule has 0 aliphatic carbocycles. The van der Waals surface area contributed by atoms with Gasteiger partial charge in [-0.1, -0.05) is 13.3 Å². The number of pyridine rings is 1. The van der Waals surface area contributed by atoms with E-state index >= 15 is 0 Å². The van der Waals surface area contributed by atoms with Gasteiger partial charge in [-0.15, -0.1) is 0 Å². The van der Waals surface area contributed by atoms with E-state index < -0.39 is 10.0 Å². The molecule has 28 heavy (non-hydrogen) atoms. The van der Waals surface area contributed by atoms with E-state index in [-0.39, 0.29) is 5.03 Å². The van der Waals surface area contributed by atoms with Crippen molar-refractivity contribution in [3.8, 4) is 11.3 Å². The van der Waals surface area contributed by atoms with Gasteiger partial charge in [-0.2, -0.15) is 10.2 Å². The van der Waals surface area contributed by atoms with E-state index in [0.717, 1.165) is 46.1 Å². The van der Waals surface area contributed by atoms with E-state index in [9.17, 15) is 8.42 Å². The van der Waals surface area contributed by atoms with Crippen LogP contribution in [0.1, 0.15) is 24.5 Å². The summed E-state index contributed by atoms with van der Waals surface area (Å²) in [4.78, 5) is 4.88. The Morgan fingerprint density at radius 2 is 1.89 bits per heavy atom. The lowest BCUT2D eigenvalue weighted by atomic mass is 9.94. The largest absolute Gasteiger partial charge is 0.285 e. The topological polar surface area (TPSA) is 108 Å². The molecule has 0 amide bonds. The number of hydrogen-bond donors (Lipinski definition) is 2. The second-order valence-electron chi connectivity index (χ2n) is 6.99. The van der Waals surface area contributed by atoms with Crippen molar-refractivity contribution in [2.75, 3.05) is 14.1 Å². The normalized spacial score (nSPS) is 12.5. The first-order valence-electron chi connectivity index (χ1n) is 9.08. The number of rotatable bonds is 5. The molecule has 0 unspecified atom stereocenters. The number of fused-ring (bicyclic) bond motifs is 3. The van der Waals surface area contributed by atoms with Crippen LogP contribution in [0, 0.1) is 6.92 Å². The summed E-state index contributed by atoms with van der Waals surface area (Å²) in [5.41, 5.74) is 5.25. The molecular formula is C19H22N6O2S. The van der Waals surface area contributed by atoms with Crippen molar-refractivity contribution >= 4 is 31.8 Å². The molecule has 146 valence electrons. The molecule has 0 saturated heterocycles. The Bertz CT molecular complexity index is 1270. The van der Waals surface area contributed by atoms with Gasteiger partial charge in [0.15, 0.2) is 5.03 Å². The highest BCUT2D eigenvalue weighted by molar-refractivity contribution is 7.89. The highest BCUT2D eigenvalue weighted by Crippen LogP contribution is 2.36. The predicted molar refractivity (Wildman–Crippen MR) is 109 cm³/mol. The maximum atomic E-state index is 12.8. The Morgan fingerprint density at radius 1 is 1.14 bits per heavy atom. The predicted octanol–water partition coefficient (Wildman–Crippen LogP) is 3.01. The van der Waals surface area contributed by atoms with Gasteiger partial charge in [-0.05, 0) is 36.6 Å². The van der Waals surface area contributed by atoms with Gasteiger partial charge < -0.3 is 0 Å². The summed E-state index contributed by atoms with van der Waals surface area (Å²) in [6.07, 6.45) is 5.36. The summed E-state index contributed by atoms with van der Waals surface area (Å²) in [6, 6.07) is 3.69. The molecule has 0 bridgehead atoms. The Hall–Kier alpha value is -2.78. The van der Waals surface area contributed by atoms with E-state index in [1.807, 2.05) is 19.2 Å². The second-order valence-corrected chi connectivity index (χ2v) is 9.08. The van der Waals surface area contributed by atoms with Crippen molar-refractivity contribution in [1.29, 1.82) is 0 Å². The molecule has 3 heterocycles. The maximum Gasteiger partial charge on any atom is 0.260 e. The zero-order valence-electron chi connectivity index (χ0n) is 16.2. The molecule has 8 nitrogen and oxygen atoms in total. The third-order valence-electron chi connectivity index (χ3n) is 5.02. The third-order valence-corrected chi connectivity index (χ3v) is 6.80. The van der Waals surface area contributed by atoms with Crippen molar-refractivity contribution in [3.05, 3.63) is 35.7 Å². The SMILES string of the molecule is CCCc1c(-c2cn[nH]c2)nc2ccc3n[nH]c(S(=O)(=O)N(C)C)c3c2c1C. The quantitative estimate of drug-likeness (QED) is 0.537. The molecule has 1 aromatic carbocycles. The summed E-state index contributed by atoms with van der Waals surface area (Å²) in [5, 5.41) is 15.4. The van der Waals surface area contributed by atoms with Crippen LogP contribution in [0.2, 0.25) is 0 Å². The summed E-state index contributed by atoms with van der Waals surface area (Å²) in [7, 11) is -0.651. The van der Waals surface area contributed by atoms with Crippen molar-refractivity contribution in [3.63, 3.8) is 0 Å². The Kier molecular flexibility index (Phi) is 4.43. The lowest BCUT2D eigenvalue weighted by Gasteiger charge is -2.15. The Labute approximate surface area is 163 Å². The van der Waals surface area contributed by atoms with Crippen molar-refractivity contribution < 1.29 is 8.42 Å². The lowest BCUT2D eigenvalue weighted by Crippen LogP contribution is -2.22. The number of nitrogens with one attached hydrogen (secondary N) is 2. The smallest absolute Gasteiger partial charge is 0.260 e. The van der Waals surface area contributed by atoms with Crippen molar-refractivity contribution in [2.24, 2.45) is 0 Å². The fourth-order valence-electron chi connectivity index (χ4n) is 3.60. The van der Waals surface area contributed by atoms with Gasteiger partial charge in [-0.25, -0.2) is 17.7 Å². The first-order chi connectivity index (χ1) is 13.4. The fourth-order valence-corrected chi connectivity index (χ4v) is 4.59. The van der Waals surface area contributed by atoms with E-state index in [0.29, 0.717) is 10.9 Å². The number of hydrogen-bond acceptors (Lipinski definition) is 5. The fraction of sp³-hybridized carbons (Fsp3) is 0.316. The molecule has 0 spiro atoms. The minimum absolute atomic E-state index is 0.0986. The molecule has 4 rings (SSSR count). The maximum absolute atomic E-state index is 12.8. The van der Waals surface area contributed by atoms with Gasteiger partial charge in [0.05, 0.1) is 22.9 Å². The van der Waals surface area contributed by atoms with E-state index in [1.54, 1.807) is 12.3 Å². The van der Waals surface area contributed by atoms with Crippen LogP contribution in [-0.2, 0) is 16.4 Å². The van der Waals surface area contributed by atoms with E-state index in [4.69, 9.17) is 4.98 Å². The molecule has 0 saturated carbocycles. The number of aromatic amines is 2. The number of sulfonamides is 1. The highest BCUT2D eigenvalue weighted by Gasteiger charge is 2.26. The molecule has 0 fully saturated rings. The number of H-pyrrole nitrogens is 2. The average Bonchev–Trinajstić information content (AvgIpc) is 3.33. The molecular weight excluding hydrogens is 376 g/mol. The summed E-state index contributed by atoms with van der Waals surface area (Å²) < 4.78 is 26.9. The summed E-state index contributed by atoms with van der Waals surface area (Å²) in [5.74, 6) is 0. The molecule has 2 N–H and O–H groups in total. The minimum atomic E-state index is -3.67. The molecule has 0 aliphatic rings. The van der Waals surface area contributed by atoms with Crippen molar-refractivity contribution in [1.82, 2.24) is 29.7 Å². The molecule has 3 aromatic heterocycles. The highest BCUT2D eigenvalue weighted by atomic mass is 32.2. The van der Waals surface area contributed by atoms with Crippen LogP contribution in [0.25, 0.3) is 33.1 Å². The first-order valence-corrected chi connectivity index (χ1v) is 10.5. The van der Waals surface area contributed by atoms with Crippen LogP contribution in [0.4, 0.5) is 0 Å². The molecule has 0 atom stereocenters. The number of aryl methyl sites for hydroxylation is 1. The molecule has 0 aliphatic heterocycles. The number of aromatic nitrogens is 5. The zero-order chi connectivity index (χ0) is 20.1. The van der Waals surface area contributed by atoms with Gasteiger partial charge >= 0.3 is 0 Å². The number of nitrogens with zero attached hydrogens (tertiary/aromatic N) is 4. The monoisotopic (exact) mass is 398 g/mol. The van der Waals surface area contributed by atoms with Crippen LogP contribution >= 0.6 is 0 Å². The first kappa shape index (κ1) is 18.6. The van der Waals surface area contributed by atoms with Gasteiger partial charge in [0.1, 0.15) is 0 Å². The van der Waals surface area contributed by atoms with Crippen LogP contribution < -0.4 is 0 Å². The summed E-state index contributed by atoms with van der Waals surface area (Å²) >= 11 is 0. The Balaban J connectivity index is 2.15. The Morgan fingerprint density at radius 3 is 2.54 bits per heavy atom. The van der Waals surface area contributed by atoms with Crippen LogP contribution in [0.5, 0.6) is 0 Å². The standard InChI is InChI=1S/C19H22N6O2S/c1-5-6-13-11(2)16-14(22-18(13)12-9-20-21-10-12)7-8-15-17(16)19(24-23-15)28(26,27)25(3)4/h7-10H,5-6H2,1-4H3,(H,20,21)(H,23,24). The molecule has 4 aromatic rings. The average molecular weight is 398 g/mol. The van der Waals surface area contributed by atoms with Gasteiger partial charge in [0, 0.05) is 36.6 Å². The van der Waals surface area contributed by atoms with E-state index in [1.165, 1.54) is 18.4 Å².